The SMILES string of the molecule is COc1cccnc1NC1(CCl)CC1. The summed E-state index contributed by atoms with van der Waals surface area (Å²) in [5, 5.41) is 3.33. The first-order chi connectivity index (χ1) is 6.79. The minimum Gasteiger partial charge on any atom is -0.493 e. The fraction of sp³-hybridized carbons (Fsp3) is 0.500. The van der Waals surface area contributed by atoms with Crippen LogP contribution in [0.25, 0.3) is 0 Å². The number of alkyl halides is 1. The van der Waals surface area contributed by atoms with E-state index in [0.717, 1.165) is 24.4 Å². The van der Waals surface area contributed by atoms with Crippen molar-refractivity contribution in [2.24, 2.45) is 0 Å². The van der Waals surface area contributed by atoms with Crippen molar-refractivity contribution < 1.29 is 4.74 Å². The quantitative estimate of drug-likeness (QED) is 0.778. The van der Waals surface area contributed by atoms with Crippen LogP contribution in [0.1, 0.15) is 12.8 Å². The molecule has 1 fully saturated rings. The Morgan fingerprint density at radius 3 is 3.00 bits per heavy atom. The Morgan fingerprint density at radius 2 is 2.43 bits per heavy atom. The topological polar surface area (TPSA) is 34.1 Å². The van der Waals surface area contributed by atoms with Crippen molar-refractivity contribution in [1.29, 1.82) is 0 Å². The van der Waals surface area contributed by atoms with Gasteiger partial charge in [0, 0.05) is 12.1 Å². The number of ether oxygens (including phenoxy) is 1. The Labute approximate surface area is 88.4 Å². The predicted molar refractivity (Wildman–Crippen MR) is 57.1 cm³/mol. The first kappa shape index (κ1) is 9.59. The largest absolute Gasteiger partial charge is 0.493 e. The molecule has 0 saturated heterocycles. The third-order valence-corrected chi connectivity index (χ3v) is 3.00. The van der Waals surface area contributed by atoms with Gasteiger partial charge in [-0.15, -0.1) is 11.6 Å². The molecule has 0 aliphatic heterocycles. The van der Waals surface area contributed by atoms with E-state index >= 15 is 0 Å². The van der Waals surface area contributed by atoms with E-state index in [9.17, 15) is 0 Å². The molecule has 0 unspecified atom stereocenters. The maximum atomic E-state index is 5.87. The van der Waals surface area contributed by atoms with Crippen LogP contribution in [0.3, 0.4) is 0 Å². The number of aromatic nitrogens is 1. The van der Waals surface area contributed by atoms with Crippen molar-refractivity contribution in [3.63, 3.8) is 0 Å². The Bertz CT molecular complexity index is 326. The summed E-state index contributed by atoms with van der Waals surface area (Å²) in [6, 6.07) is 3.74. The Balaban J connectivity index is 2.16. The molecule has 0 bridgehead atoms. The average molecular weight is 213 g/mol. The van der Waals surface area contributed by atoms with E-state index in [1.54, 1.807) is 13.3 Å². The lowest BCUT2D eigenvalue weighted by molar-refractivity contribution is 0.414. The summed E-state index contributed by atoms with van der Waals surface area (Å²) in [5.41, 5.74) is 0.0587. The van der Waals surface area contributed by atoms with E-state index in [4.69, 9.17) is 16.3 Å². The minimum absolute atomic E-state index is 0.0587. The van der Waals surface area contributed by atoms with Crippen molar-refractivity contribution in [2.75, 3.05) is 18.3 Å². The van der Waals surface area contributed by atoms with E-state index < -0.39 is 0 Å². The molecule has 3 nitrogen and oxygen atoms in total. The molecule has 1 aromatic heterocycles. The van der Waals surface area contributed by atoms with Crippen LogP contribution in [-0.4, -0.2) is 23.5 Å². The van der Waals surface area contributed by atoms with Gasteiger partial charge in [0.25, 0.3) is 0 Å². The molecule has 14 heavy (non-hydrogen) atoms. The van der Waals surface area contributed by atoms with Crippen molar-refractivity contribution >= 4 is 17.4 Å². The number of nitrogens with zero attached hydrogens (tertiary/aromatic N) is 1. The molecular weight excluding hydrogens is 200 g/mol. The smallest absolute Gasteiger partial charge is 0.169 e. The third kappa shape index (κ3) is 1.77. The average Bonchev–Trinajstić information content (AvgIpc) is 2.99. The van der Waals surface area contributed by atoms with Crippen molar-refractivity contribution in [2.45, 2.75) is 18.4 Å². The van der Waals surface area contributed by atoms with Crippen LogP contribution >= 0.6 is 11.6 Å². The summed E-state index contributed by atoms with van der Waals surface area (Å²) in [6.45, 7) is 0. The second kappa shape index (κ2) is 3.65. The lowest BCUT2D eigenvalue weighted by Crippen LogP contribution is -2.23. The summed E-state index contributed by atoms with van der Waals surface area (Å²) in [4.78, 5) is 4.23. The molecule has 2 rings (SSSR count). The summed E-state index contributed by atoms with van der Waals surface area (Å²) in [7, 11) is 1.64. The molecule has 1 aliphatic rings. The van der Waals surface area contributed by atoms with Gasteiger partial charge in [-0.3, -0.25) is 0 Å². The minimum atomic E-state index is 0.0587. The van der Waals surface area contributed by atoms with Gasteiger partial charge in [-0.2, -0.15) is 0 Å². The standard InChI is InChI=1S/C10H13ClN2O/c1-14-8-3-2-6-12-9(8)13-10(7-11)4-5-10/h2-3,6H,4-5,7H2,1H3,(H,12,13). The maximum Gasteiger partial charge on any atom is 0.169 e. The lowest BCUT2D eigenvalue weighted by atomic mass is 10.3. The number of hydrogen-bond donors (Lipinski definition) is 1. The van der Waals surface area contributed by atoms with E-state index in [-0.39, 0.29) is 5.54 Å². The number of hydrogen-bond acceptors (Lipinski definition) is 3. The number of anilines is 1. The highest BCUT2D eigenvalue weighted by atomic mass is 35.5. The van der Waals surface area contributed by atoms with Crippen molar-refractivity contribution in [3.05, 3.63) is 18.3 Å². The van der Waals surface area contributed by atoms with Crippen LogP contribution in [0, 0.1) is 0 Å². The zero-order valence-corrected chi connectivity index (χ0v) is 8.84. The highest BCUT2D eigenvalue weighted by Gasteiger charge is 2.42. The zero-order chi connectivity index (χ0) is 10.0. The fourth-order valence-corrected chi connectivity index (χ4v) is 1.68. The number of nitrogens with one attached hydrogen (secondary N) is 1. The van der Waals surface area contributed by atoms with Gasteiger partial charge in [0.1, 0.15) is 0 Å². The molecule has 1 heterocycles. The van der Waals surface area contributed by atoms with Gasteiger partial charge in [-0.05, 0) is 25.0 Å². The number of halogens is 1. The van der Waals surface area contributed by atoms with Gasteiger partial charge in [0.2, 0.25) is 0 Å². The second-order valence-electron chi connectivity index (χ2n) is 3.59. The van der Waals surface area contributed by atoms with Crippen LogP contribution in [-0.2, 0) is 0 Å². The van der Waals surface area contributed by atoms with Crippen LogP contribution in [0.15, 0.2) is 18.3 Å². The maximum absolute atomic E-state index is 5.87. The predicted octanol–water partition coefficient (Wildman–Crippen LogP) is 2.27. The molecule has 1 aromatic rings. The van der Waals surface area contributed by atoms with Crippen LogP contribution in [0.2, 0.25) is 0 Å². The molecule has 4 heteroatoms. The molecule has 1 aliphatic carbocycles. The molecule has 76 valence electrons. The first-order valence-corrected chi connectivity index (χ1v) is 5.16. The molecule has 1 N–H and O–H groups in total. The highest BCUT2D eigenvalue weighted by molar-refractivity contribution is 6.19. The zero-order valence-electron chi connectivity index (χ0n) is 8.09. The third-order valence-electron chi connectivity index (χ3n) is 2.48. The van der Waals surface area contributed by atoms with Crippen molar-refractivity contribution in [3.8, 4) is 5.75 Å². The van der Waals surface area contributed by atoms with Crippen molar-refractivity contribution in [1.82, 2.24) is 4.98 Å². The summed E-state index contributed by atoms with van der Waals surface area (Å²) in [5.74, 6) is 2.17. The lowest BCUT2D eigenvalue weighted by Gasteiger charge is -2.16. The summed E-state index contributed by atoms with van der Waals surface area (Å²) in [6.07, 6.45) is 3.96. The van der Waals surface area contributed by atoms with E-state index in [0.29, 0.717) is 5.88 Å². The van der Waals surface area contributed by atoms with Crippen LogP contribution in [0.4, 0.5) is 5.82 Å². The molecule has 0 atom stereocenters. The molecule has 1 saturated carbocycles. The Hall–Kier alpha value is -0.960. The fourth-order valence-electron chi connectivity index (χ4n) is 1.34. The van der Waals surface area contributed by atoms with Gasteiger partial charge < -0.3 is 10.1 Å². The summed E-state index contributed by atoms with van der Waals surface area (Å²) < 4.78 is 5.20. The molecule has 0 spiro atoms. The monoisotopic (exact) mass is 212 g/mol. The molecular formula is C10H13ClN2O. The number of pyridine rings is 1. The molecule has 0 amide bonds. The van der Waals surface area contributed by atoms with Crippen LogP contribution in [0.5, 0.6) is 5.75 Å². The Kier molecular flexibility index (Phi) is 2.50. The van der Waals surface area contributed by atoms with Gasteiger partial charge >= 0.3 is 0 Å². The van der Waals surface area contributed by atoms with Gasteiger partial charge in [-0.1, -0.05) is 0 Å². The molecule has 0 aromatic carbocycles. The highest BCUT2D eigenvalue weighted by Crippen LogP contribution is 2.41. The van der Waals surface area contributed by atoms with Gasteiger partial charge in [-0.25, -0.2) is 4.98 Å². The second-order valence-corrected chi connectivity index (χ2v) is 3.86. The summed E-state index contributed by atoms with van der Waals surface area (Å²) >= 11 is 5.87. The molecule has 0 radical (unpaired) electrons. The van der Waals surface area contributed by atoms with Crippen LogP contribution < -0.4 is 10.1 Å². The first-order valence-electron chi connectivity index (χ1n) is 4.63. The van der Waals surface area contributed by atoms with Gasteiger partial charge in [0.15, 0.2) is 11.6 Å². The number of methoxy groups -OCH3 is 1. The van der Waals surface area contributed by atoms with E-state index in [1.807, 2.05) is 12.1 Å². The normalized spacial score (nSPS) is 17.6. The van der Waals surface area contributed by atoms with Gasteiger partial charge in [0.05, 0.1) is 12.6 Å². The van der Waals surface area contributed by atoms with E-state index in [1.165, 1.54) is 0 Å². The number of rotatable bonds is 4. The Morgan fingerprint density at radius 1 is 1.64 bits per heavy atom. The van der Waals surface area contributed by atoms with E-state index in [2.05, 4.69) is 10.3 Å².